The van der Waals surface area contributed by atoms with Gasteiger partial charge < -0.3 is 14.4 Å². The molecule has 0 aromatic heterocycles. The molecular formula is C24H28F2N2O4. The fraction of sp³-hybridized carbons (Fsp3) is 0.417. The molecule has 1 atom stereocenters. The Kier molecular flexibility index (Phi) is 7.45. The molecule has 1 aliphatic heterocycles. The zero-order valence-corrected chi connectivity index (χ0v) is 18.5. The van der Waals surface area contributed by atoms with Gasteiger partial charge in [-0.05, 0) is 56.2 Å². The van der Waals surface area contributed by atoms with E-state index in [0.29, 0.717) is 25.2 Å². The molecule has 0 aliphatic carbocycles. The molecule has 0 saturated carbocycles. The fourth-order valence-electron chi connectivity index (χ4n) is 3.38. The Balaban J connectivity index is 1.71. The van der Waals surface area contributed by atoms with Crippen LogP contribution in [0.25, 0.3) is 0 Å². The van der Waals surface area contributed by atoms with E-state index in [9.17, 15) is 18.4 Å². The highest BCUT2D eigenvalue weighted by Crippen LogP contribution is 2.19. The number of hydrogen-bond acceptors (Lipinski definition) is 5. The van der Waals surface area contributed by atoms with Crippen LogP contribution in [0, 0.1) is 11.6 Å². The van der Waals surface area contributed by atoms with Crippen molar-refractivity contribution in [3.05, 3.63) is 71.3 Å². The van der Waals surface area contributed by atoms with Gasteiger partial charge in [-0.3, -0.25) is 9.69 Å². The second-order valence-electron chi connectivity index (χ2n) is 8.77. The Hall–Kier alpha value is -3.00. The van der Waals surface area contributed by atoms with Crippen molar-refractivity contribution in [3.63, 3.8) is 0 Å². The predicted octanol–water partition coefficient (Wildman–Crippen LogP) is 4.13. The molecule has 0 N–H and O–H groups in total. The quantitative estimate of drug-likeness (QED) is 0.647. The van der Waals surface area contributed by atoms with Crippen LogP contribution in [0.1, 0.15) is 31.9 Å². The number of benzene rings is 2. The standard InChI is InChI=1S/C24H28F2N2O4/c1-24(2,3)32-23(30)28-13-12-27(14-17-4-8-19(25)9-5-17)21(15-28)22(29)31-16-18-6-10-20(26)11-7-18/h4-11,21H,12-16H2,1-3H3/t21-/m1/s1. The number of ether oxygens (including phenoxy) is 2. The molecule has 32 heavy (non-hydrogen) atoms. The molecule has 0 radical (unpaired) electrons. The molecule has 1 fully saturated rings. The van der Waals surface area contributed by atoms with Gasteiger partial charge in [0.25, 0.3) is 0 Å². The van der Waals surface area contributed by atoms with Gasteiger partial charge in [0.2, 0.25) is 0 Å². The summed E-state index contributed by atoms with van der Waals surface area (Å²) in [5.41, 5.74) is 0.846. The first-order valence-electron chi connectivity index (χ1n) is 10.5. The largest absolute Gasteiger partial charge is 0.460 e. The Bertz CT molecular complexity index is 927. The van der Waals surface area contributed by atoms with Gasteiger partial charge in [0.1, 0.15) is 29.9 Å². The maximum absolute atomic E-state index is 13.3. The SMILES string of the molecule is CC(C)(C)OC(=O)N1CCN(Cc2ccc(F)cc2)[C@@H](C(=O)OCc2ccc(F)cc2)C1. The zero-order chi connectivity index (χ0) is 23.3. The number of amides is 1. The van der Waals surface area contributed by atoms with Crippen LogP contribution in [0.15, 0.2) is 48.5 Å². The van der Waals surface area contributed by atoms with E-state index >= 15 is 0 Å². The molecule has 1 amide bonds. The number of esters is 1. The molecule has 0 spiro atoms. The third-order valence-corrected chi connectivity index (χ3v) is 5.01. The number of hydrogen-bond donors (Lipinski definition) is 0. The average molecular weight is 446 g/mol. The molecule has 172 valence electrons. The van der Waals surface area contributed by atoms with Crippen molar-refractivity contribution < 1.29 is 27.8 Å². The second kappa shape index (κ2) is 10.1. The lowest BCUT2D eigenvalue weighted by Gasteiger charge is -2.40. The van der Waals surface area contributed by atoms with E-state index in [1.54, 1.807) is 45.0 Å². The second-order valence-corrected chi connectivity index (χ2v) is 8.77. The van der Waals surface area contributed by atoms with Gasteiger partial charge in [0, 0.05) is 19.6 Å². The lowest BCUT2D eigenvalue weighted by Crippen LogP contribution is -2.58. The summed E-state index contributed by atoms with van der Waals surface area (Å²) in [5, 5.41) is 0. The van der Waals surface area contributed by atoms with Crippen LogP contribution in [-0.4, -0.2) is 53.1 Å². The Morgan fingerprint density at radius 3 is 2.06 bits per heavy atom. The molecule has 2 aromatic rings. The third kappa shape index (κ3) is 6.75. The van der Waals surface area contributed by atoms with Crippen molar-refractivity contribution in [3.8, 4) is 0 Å². The van der Waals surface area contributed by atoms with Gasteiger partial charge in [0.05, 0.1) is 6.54 Å². The number of halogens is 2. The summed E-state index contributed by atoms with van der Waals surface area (Å²) in [4.78, 5) is 28.9. The van der Waals surface area contributed by atoms with E-state index in [1.807, 2.05) is 4.90 Å². The maximum atomic E-state index is 13.3. The van der Waals surface area contributed by atoms with Gasteiger partial charge in [-0.1, -0.05) is 24.3 Å². The van der Waals surface area contributed by atoms with Crippen LogP contribution in [0.4, 0.5) is 13.6 Å². The van der Waals surface area contributed by atoms with Crippen molar-refractivity contribution in [1.29, 1.82) is 0 Å². The van der Waals surface area contributed by atoms with Gasteiger partial charge in [-0.25, -0.2) is 13.6 Å². The molecule has 2 aromatic carbocycles. The molecule has 6 nitrogen and oxygen atoms in total. The first kappa shape index (κ1) is 23.7. The third-order valence-electron chi connectivity index (χ3n) is 5.01. The highest BCUT2D eigenvalue weighted by atomic mass is 19.1. The first-order chi connectivity index (χ1) is 15.1. The minimum Gasteiger partial charge on any atom is -0.460 e. The molecule has 8 heteroatoms. The number of piperazine rings is 1. The summed E-state index contributed by atoms with van der Waals surface area (Å²) in [5.74, 6) is -1.20. The molecule has 1 saturated heterocycles. The van der Waals surface area contributed by atoms with Gasteiger partial charge in [-0.2, -0.15) is 0 Å². The summed E-state index contributed by atoms with van der Waals surface area (Å²) in [6, 6.07) is 11.0. The number of nitrogens with zero attached hydrogens (tertiary/aromatic N) is 2. The molecular weight excluding hydrogens is 418 g/mol. The summed E-state index contributed by atoms with van der Waals surface area (Å²) in [6.07, 6.45) is -0.490. The van der Waals surface area contributed by atoms with Crippen LogP contribution in [-0.2, 0) is 27.4 Å². The van der Waals surface area contributed by atoms with E-state index in [-0.39, 0.29) is 24.8 Å². The van der Waals surface area contributed by atoms with Crippen molar-refractivity contribution in [2.24, 2.45) is 0 Å². The minimum atomic E-state index is -0.721. The van der Waals surface area contributed by atoms with E-state index < -0.39 is 23.7 Å². The Morgan fingerprint density at radius 1 is 0.938 bits per heavy atom. The summed E-state index contributed by atoms with van der Waals surface area (Å²) in [7, 11) is 0. The average Bonchev–Trinajstić information content (AvgIpc) is 2.73. The normalized spacial score (nSPS) is 17.2. The van der Waals surface area contributed by atoms with Crippen LogP contribution in [0.3, 0.4) is 0 Å². The predicted molar refractivity (Wildman–Crippen MR) is 115 cm³/mol. The van der Waals surface area contributed by atoms with E-state index in [0.717, 1.165) is 5.56 Å². The Labute approximate surface area is 186 Å². The molecule has 1 aliphatic rings. The summed E-state index contributed by atoms with van der Waals surface area (Å²) >= 11 is 0. The van der Waals surface area contributed by atoms with Crippen molar-refractivity contribution >= 4 is 12.1 Å². The first-order valence-corrected chi connectivity index (χ1v) is 10.5. The maximum Gasteiger partial charge on any atom is 0.410 e. The summed E-state index contributed by atoms with van der Waals surface area (Å²) in [6.45, 7) is 6.66. The van der Waals surface area contributed by atoms with E-state index in [2.05, 4.69) is 0 Å². The van der Waals surface area contributed by atoms with Gasteiger partial charge in [-0.15, -0.1) is 0 Å². The number of carbonyl (C=O) groups is 2. The Morgan fingerprint density at radius 2 is 1.50 bits per heavy atom. The summed E-state index contributed by atoms with van der Waals surface area (Å²) < 4.78 is 37.3. The molecule has 0 bridgehead atoms. The highest BCUT2D eigenvalue weighted by Gasteiger charge is 2.37. The number of carbonyl (C=O) groups excluding carboxylic acids is 2. The monoisotopic (exact) mass is 446 g/mol. The topological polar surface area (TPSA) is 59.1 Å². The fourth-order valence-corrected chi connectivity index (χ4v) is 3.38. The molecule has 0 unspecified atom stereocenters. The van der Waals surface area contributed by atoms with Crippen LogP contribution >= 0.6 is 0 Å². The highest BCUT2D eigenvalue weighted by molar-refractivity contribution is 5.78. The molecule has 1 heterocycles. The van der Waals surface area contributed by atoms with E-state index in [1.165, 1.54) is 29.2 Å². The lowest BCUT2D eigenvalue weighted by atomic mass is 10.1. The van der Waals surface area contributed by atoms with Crippen molar-refractivity contribution in [1.82, 2.24) is 9.80 Å². The van der Waals surface area contributed by atoms with Crippen molar-refractivity contribution in [2.75, 3.05) is 19.6 Å². The van der Waals surface area contributed by atoms with Gasteiger partial charge >= 0.3 is 12.1 Å². The van der Waals surface area contributed by atoms with Gasteiger partial charge in [0.15, 0.2) is 0 Å². The zero-order valence-electron chi connectivity index (χ0n) is 18.5. The number of rotatable bonds is 5. The molecule has 3 rings (SSSR count). The van der Waals surface area contributed by atoms with Crippen LogP contribution in [0.5, 0.6) is 0 Å². The van der Waals surface area contributed by atoms with Crippen LogP contribution in [0.2, 0.25) is 0 Å². The van der Waals surface area contributed by atoms with Crippen molar-refractivity contribution in [2.45, 2.75) is 45.6 Å². The lowest BCUT2D eigenvalue weighted by molar-refractivity contribution is -0.154. The smallest absolute Gasteiger partial charge is 0.410 e. The minimum absolute atomic E-state index is 0.00750. The van der Waals surface area contributed by atoms with Crippen LogP contribution < -0.4 is 0 Å². The van der Waals surface area contributed by atoms with E-state index in [4.69, 9.17) is 9.47 Å².